The summed E-state index contributed by atoms with van der Waals surface area (Å²) >= 11 is 0. The summed E-state index contributed by atoms with van der Waals surface area (Å²) in [4.78, 5) is 11.4. The number of hydrogen-bond acceptors (Lipinski definition) is 5. The predicted octanol–water partition coefficient (Wildman–Crippen LogP) is 5.09. The van der Waals surface area contributed by atoms with E-state index in [1.807, 2.05) is 0 Å². The Morgan fingerprint density at radius 1 is 0.630 bits per heavy atom. The van der Waals surface area contributed by atoms with Crippen LogP contribution in [-0.4, -0.2) is 64.5 Å². The molecule has 0 aromatic heterocycles. The Kier molecular flexibility index (Phi) is 10.6. The molecule has 0 aliphatic rings. The lowest BCUT2D eigenvalue weighted by Crippen LogP contribution is -2.55. The third kappa shape index (κ3) is 15.0. The fourth-order valence-electron chi connectivity index (χ4n) is 2.58. The Hall–Kier alpha value is 0.378. The van der Waals surface area contributed by atoms with Crippen molar-refractivity contribution in [3.63, 3.8) is 0 Å². The summed E-state index contributed by atoms with van der Waals surface area (Å²) in [5.41, 5.74) is 0. The highest BCUT2D eigenvalue weighted by atomic mass is 28.4. The van der Waals surface area contributed by atoms with Crippen molar-refractivity contribution < 1.29 is 22.5 Å². The van der Waals surface area contributed by atoms with E-state index in [0.29, 0.717) is 13.0 Å². The van der Waals surface area contributed by atoms with Gasteiger partial charge in [0.1, 0.15) is 6.29 Å². The van der Waals surface area contributed by atoms with Crippen LogP contribution in [0.15, 0.2) is 0 Å². The molecule has 3 atom stereocenters. The Morgan fingerprint density at radius 3 is 1.37 bits per heavy atom. The van der Waals surface area contributed by atoms with Gasteiger partial charge < -0.3 is 22.5 Å². The SMILES string of the molecule is C[Si](C)(C)OC[C@@H](O[Si](C)(C)C)[C@H](O[Si](C)(C)C)[C@@H](CC=O)O[Si](C)(C)C. The van der Waals surface area contributed by atoms with Gasteiger partial charge in [0.15, 0.2) is 33.3 Å². The first-order valence-corrected chi connectivity index (χ1v) is 23.6. The van der Waals surface area contributed by atoms with E-state index < -0.39 is 33.3 Å². The monoisotopic (exact) mass is 452 g/mol. The predicted molar refractivity (Wildman–Crippen MR) is 125 cm³/mol. The zero-order valence-corrected chi connectivity index (χ0v) is 23.8. The molecule has 0 saturated heterocycles. The Labute approximate surface area is 172 Å². The zero-order chi connectivity index (χ0) is 21.7. The van der Waals surface area contributed by atoms with Gasteiger partial charge in [0.2, 0.25) is 0 Å². The van der Waals surface area contributed by atoms with Crippen molar-refractivity contribution in [2.75, 3.05) is 6.61 Å². The number of rotatable bonds is 13. The van der Waals surface area contributed by atoms with Gasteiger partial charge in [-0.3, -0.25) is 0 Å². The van der Waals surface area contributed by atoms with Crippen LogP contribution < -0.4 is 0 Å². The highest BCUT2D eigenvalue weighted by Crippen LogP contribution is 2.25. The van der Waals surface area contributed by atoms with Gasteiger partial charge >= 0.3 is 0 Å². The number of aldehydes is 1. The van der Waals surface area contributed by atoms with Crippen molar-refractivity contribution in [2.24, 2.45) is 0 Å². The van der Waals surface area contributed by atoms with Gasteiger partial charge in [-0.2, -0.15) is 0 Å². The Bertz CT molecular complexity index is 447. The minimum Gasteiger partial charge on any atom is -0.415 e. The maximum atomic E-state index is 11.4. The molecule has 162 valence electrons. The quantitative estimate of drug-likeness (QED) is 0.288. The van der Waals surface area contributed by atoms with Crippen LogP contribution in [0.25, 0.3) is 0 Å². The smallest absolute Gasteiger partial charge is 0.184 e. The molecule has 0 N–H and O–H groups in total. The molecule has 0 amide bonds. The average Bonchev–Trinajstić information content (AvgIpc) is 2.36. The van der Waals surface area contributed by atoms with E-state index in [1.165, 1.54) is 0 Å². The van der Waals surface area contributed by atoms with Gasteiger partial charge in [0.05, 0.1) is 24.9 Å². The normalized spacial score (nSPS) is 17.5. The summed E-state index contributed by atoms with van der Waals surface area (Å²) in [6.07, 6.45) is 0.439. The summed E-state index contributed by atoms with van der Waals surface area (Å²) in [5.74, 6) is 0. The van der Waals surface area contributed by atoms with Crippen molar-refractivity contribution in [1.29, 1.82) is 0 Å². The second-order valence-corrected chi connectivity index (χ2v) is 29.0. The highest BCUT2D eigenvalue weighted by molar-refractivity contribution is 6.71. The molecule has 0 unspecified atom stereocenters. The molecule has 0 fully saturated rings. The first-order valence-electron chi connectivity index (χ1n) is 9.94. The van der Waals surface area contributed by atoms with Crippen molar-refractivity contribution >= 4 is 39.6 Å². The van der Waals surface area contributed by atoms with Crippen molar-refractivity contribution in [3.8, 4) is 0 Å². The summed E-state index contributed by atoms with van der Waals surface area (Å²) in [5, 5.41) is 0. The van der Waals surface area contributed by atoms with E-state index in [9.17, 15) is 4.79 Å². The number of hydrogen-bond donors (Lipinski definition) is 0. The Balaban J connectivity index is 5.88. The van der Waals surface area contributed by atoms with Gasteiger partial charge in [-0.25, -0.2) is 0 Å². The van der Waals surface area contributed by atoms with Crippen LogP contribution in [0.4, 0.5) is 0 Å². The molecule has 0 radical (unpaired) electrons. The fourth-order valence-corrected chi connectivity index (χ4v) is 6.61. The van der Waals surface area contributed by atoms with Crippen molar-refractivity contribution in [3.05, 3.63) is 0 Å². The van der Waals surface area contributed by atoms with Crippen LogP contribution >= 0.6 is 0 Å². The van der Waals surface area contributed by atoms with Gasteiger partial charge in [-0.15, -0.1) is 0 Å². The lowest BCUT2D eigenvalue weighted by molar-refractivity contribution is -0.112. The van der Waals surface area contributed by atoms with E-state index in [-0.39, 0.29) is 18.3 Å². The highest BCUT2D eigenvalue weighted by Gasteiger charge is 2.40. The van der Waals surface area contributed by atoms with E-state index >= 15 is 0 Å². The van der Waals surface area contributed by atoms with Crippen LogP contribution in [0.2, 0.25) is 78.6 Å². The fraction of sp³-hybridized carbons (Fsp3) is 0.944. The van der Waals surface area contributed by atoms with Gasteiger partial charge in [0.25, 0.3) is 0 Å². The number of carbonyl (C=O) groups excluding carboxylic acids is 1. The molecule has 0 aliphatic heterocycles. The molecule has 9 heteroatoms. The summed E-state index contributed by atoms with van der Waals surface area (Å²) in [6.45, 7) is 26.5. The van der Waals surface area contributed by atoms with Crippen LogP contribution in [0.1, 0.15) is 6.42 Å². The lowest BCUT2D eigenvalue weighted by Gasteiger charge is -2.42. The van der Waals surface area contributed by atoms with E-state index in [4.69, 9.17) is 17.7 Å². The maximum absolute atomic E-state index is 11.4. The lowest BCUT2D eigenvalue weighted by atomic mass is 10.1. The van der Waals surface area contributed by atoms with Crippen LogP contribution in [-0.2, 0) is 22.5 Å². The molecular weight excluding hydrogens is 409 g/mol. The summed E-state index contributed by atoms with van der Waals surface area (Å²) in [7, 11) is -7.30. The first-order chi connectivity index (χ1) is 11.8. The first kappa shape index (κ1) is 27.4. The summed E-state index contributed by atoms with van der Waals surface area (Å²) < 4.78 is 25.8. The van der Waals surface area contributed by atoms with Crippen molar-refractivity contribution in [2.45, 2.75) is 103 Å². The van der Waals surface area contributed by atoms with E-state index in [0.717, 1.165) is 6.29 Å². The molecule has 0 heterocycles. The van der Waals surface area contributed by atoms with Crippen LogP contribution in [0.5, 0.6) is 0 Å². The van der Waals surface area contributed by atoms with Gasteiger partial charge in [0, 0.05) is 6.42 Å². The second-order valence-electron chi connectivity index (χ2n) is 11.1. The minimum atomic E-state index is -1.89. The van der Waals surface area contributed by atoms with Crippen molar-refractivity contribution in [1.82, 2.24) is 0 Å². The van der Waals surface area contributed by atoms with E-state index in [1.54, 1.807) is 0 Å². The molecule has 0 aromatic rings. The molecule has 0 spiro atoms. The zero-order valence-electron chi connectivity index (χ0n) is 19.8. The molecular formula is C18H44O5Si4. The molecule has 0 bridgehead atoms. The van der Waals surface area contributed by atoms with Crippen LogP contribution in [0, 0.1) is 0 Å². The topological polar surface area (TPSA) is 54.0 Å². The molecule has 0 rings (SSSR count). The molecule has 0 aromatic carbocycles. The third-order valence-electron chi connectivity index (χ3n) is 3.24. The molecule has 0 aliphatic carbocycles. The van der Waals surface area contributed by atoms with Crippen LogP contribution in [0.3, 0.4) is 0 Å². The van der Waals surface area contributed by atoms with Gasteiger partial charge in [-0.1, -0.05) is 0 Å². The average molecular weight is 453 g/mol. The van der Waals surface area contributed by atoms with E-state index in [2.05, 4.69) is 78.6 Å². The maximum Gasteiger partial charge on any atom is 0.184 e. The molecule has 0 saturated carbocycles. The van der Waals surface area contributed by atoms with Gasteiger partial charge in [-0.05, 0) is 78.6 Å². The minimum absolute atomic E-state index is 0.226. The number of carbonyl (C=O) groups is 1. The standard InChI is InChI=1S/C18H44O5Si4/c1-24(2,3)20-15-17(22-26(7,8)9)18(23-27(10,11)12)16(13-14-19)21-25(4,5)6/h14,16-18H,13,15H2,1-12H3/t16-,17-,18-/m1/s1. The largest absolute Gasteiger partial charge is 0.415 e. The second kappa shape index (κ2) is 10.4. The Morgan fingerprint density at radius 2 is 1.04 bits per heavy atom. The molecule has 27 heavy (non-hydrogen) atoms. The third-order valence-corrected chi connectivity index (χ3v) is 7.27. The summed E-state index contributed by atoms with van der Waals surface area (Å²) in [6, 6.07) is 0. The molecule has 5 nitrogen and oxygen atoms in total.